The Balaban J connectivity index is 2.25. The van der Waals surface area contributed by atoms with Gasteiger partial charge in [0.2, 0.25) is 5.88 Å². The molecule has 0 atom stereocenters. The van der Waals surface area contributed by atoms with Crippen molar-refractivity contribution in [1.82, 2.24) is 9.97 Å². The van der Waals surface area contributed by atoms with E-state index in [1.807, 2.05) is 37.3 Å². The number of aromatic hydroxyl groups is 1. The molecule has 2 aromatic rings. The summed E-state index contributed by atoms with van der Waals surface area (Å²) in [6, 6.07) is 11.4. The van der Waals surface area contributed by atoms with Crippen LogP contribution in [0.5, 0.6) is 5.88 Å². The van der Waals surface area contributed by atoms with Crippen LogP contribution in [0.3, 0.4) is 0 Å². The van der Waals surface area contributed by atoms with E-state index < -0.39 is 0 Å². The SMILES string of the molecule is Cc1cc(O)nc(Sc2ccccc2)n1. The van der Waals surface area contributed by atoms with Crippen LogP contribution >= 0.6 is 11.8 Å². The molecule has 0 amide bonds. The smallest absolute Gasteiger partial charge is 0.215 e. The van der Waals surface area contributed by atoms with Crippen LogP contribution in [0.25, 0.3) is 0 Å². The van der Waals surface area contributed by atoms with E-state index >= 15 is 0 Å². The first-order valence-electron chi connectivity index (χ1n) is 4.51. The van der Waals surface area contributed by atoms with Gasteiger partial charge in [0, 0.05) is 16.7 Å². The first-order valence-corrected chi connectivity index (χ1v) is 5.33. The Hall–Kier alpha value is -1.55. The normalized spacial score (nSPS) is 10.2. The number of aromatic nitrogens is 2. The Morgan fingerprint density at radius 2 is 1.87 bits per heavy atom. The maximum absolute atomic E-state index is 9.31. The molecule has 0 bridgehead atoms. The molecule has 2 rings (SSSR count). The number of hydrogen-bond acceptors (Lipinski definition) is 4. The van der Waals surface area contributed by atoms with Crippen molar-refractivity contribution >= 4 is 11.8 Å². The van der Waals surface area contributed by atoms with Gasteiger partial charge in [-0.15, -0.1) is 0 Å². The van der Waals surface area contributed by atoms with Crippen LogP contribution in [0.1, 0.15) is 5.69 Å². The van der Waals surface area contributed by atoms with Crippen molar-refractivity contribution in [3.63, 3.8) is 0 Å². The third kappa shape index (κ3) is 2.70. The second-order valence-electron chi connectivity index (χ2n) is 3.07. The molecule has 0 aliphatic carbocycles. The van der Waals surface area contributed by atoms with Gasteiger partial charge in [-0.3, -0.25) is 0 Å². The van der Waals surface area contributed by atoms with E-state index in [0.717, 1.165) is 10.6 Å². The van der Waals surface area contributed by atoms with Crippen LogP contribution in [0, 0.1) is 6.92 Å². The first-order chi connectivity index (χ1) is 7.24. The molecule has 1 heterocycles. The molecular formula is C11H10N2OS. The maximum Gasteiger partial charge on any atom is 0.215 e. The summed E-state index contributed by atoms with van der Waals surface area (Å²) in [7, 11) is 0. The van der Waals surface area contributed by atoms with Crippen molar-refractivity contribution in [3.8, 4) is 5.88 Å². The van der Waals surface area contributed by atoms with Crippen molar-refractivity contribution < 1.29 is 5.11 Å². The van der Waals surface area contributed by atoms with Gasteiger partial charge < -0.3 is 5.11 Å². The van der Waals surface area contributed by atoms with Gasteiger partial charge >= 0.3 is 0 Å². The predicted octanol–water partition coefficient (Wildman–Crippen LogP) is 2.64. The molecule has 0 unspecified atom stereocenters. The van der Waals surface area contributed by atoms with Crippen LogP contribution < -0.4 is 0 Å². The molecule has 3 nitrogen and oxygen atoms in total. The monoisotopic (exact) mass is 218 g/mol. The summed E-state index contributed by atoms with van der Waals surface area (Å²) in [6.07, 6.45) is 0. The van der Waals surface area contributed by atoms with Gasteiger partial charge in [0.05, 0.1) is 0 Å². The van der Waals surface area contributed by atoms with E-state index in [0.29, 0.717) is 5.16 Å². The predicted molar refractivity (Wildman–Crippen MR) is 59.0 cm³/mol. The molecule has 4 heteroatoms. The molecule has 0 spiro atoms. The van der Waals surface area contributed by atoms with Crippen LogP contribution in [-0.2, 0) is 0 Å². The molecule has 1 aromatic heterocycles. The molecule has 0 radical (unpaired) electrons. The highest BCUT2D eigenvalue weighted by atomic mass is 32.2. The Kier molecular flexibility index (Phi) is 2.87. The Bertz CT molecular complexity index is 439. The third-order valence-electron chi connectivity index (χ3n) is 1.77. The van der Waals surface area contributed by atoms with Crippen molar-refractivity contribution in [2.45, 2.75) is 17.0 Å². The van der Waals surface area contributed by atoms with Crippen molar-refractivity contribution in [1.29, 1.82) is 0 Å². The minimum atomic E-state index is 0.0148. The Labute approximate surface area is 92.2 Å². The minimum absolute atomic E-state index is 0.0148. The van der Waals surface area contributed by atoms with E-state index in [-0.39, 0.29) is 5.88 Å². The number of benzene rings is 1. The summed E-state index contributed by atoms with van der Waals surface area (Å²) in [5.74, 6) is 0.0148. The Morgan fingerprint density at radius 3 is 2.53 bits per heavy atom. The summed E-state index contributed by atoms with van der Waals surface area (Å²) in [5.41, 5.74) is 0.765. The molecule has 0 saturated heterocycles. The summed E-state index contributed by atoms with van der Waals surface area (Å²) in [5, 5.41) is 9.88. The second kappa shape index (κ2) is 4.31. The van der Waals surface area contributed by atoms with Crippen molar-refractivity contribution in [2.75, 3.05) is 0 Å². The molecule has 1 N–H and O–H groups in total. The lowest BCUT2D eigenvalue weighted by Crippen LogP contribution is -1.89. The van der Waals surface area contributed by atoms with Gasteiger partial charge in [-0.05, 0) is 30.8 Å². The van der Waals surface area contributed by atoms with Crippen LogP contribution in [0.2, 0.25) is 0 Å². The molecule has 1 aromatic carbocycles. The second-order valence-corrected chi connectivity index (χ2v) is 4.11. The quantitative estimate of drug-likeness (QED) is 0.787. The van der Waals surface area contributed by atoms with Gasteiger partial charge in [-0.1, -0.05) is 18.2 Å². The summed E-state index contributed by atoms with van der Waals surface area (Å²) in [4.78, 5) is 9.22. The first kappa shape index (κ1) is 9.98. The molecule has 76 valence electrons. The fourth-order valence-corrected chi connectivity index (χ4v) is 2.00. The molecule has 0 saturated carbocycles. The summed E-state index contributed by atoms with van der Waals surface area (Å²) >= 11 is 1.43. The molecule has 0 fully saturated rings. The van der Waals surface area contributed by atoms with Gasteiger partial charge in [-0.25, -0.2) is 4.98 Å². The summed E-state index contributed by atoms with van der Waals surface area (Å²) < 4.78 is 0. The highest BCUT2D eigenvalue weighted by molar-refractivity contribution is 7.99. The molecule has 0 aliphatic rings. The number of nitrogens with zero attached hydrogens (tertiary/aromatic N) is 2. The lowest BCUT2D eigenvalue weighted by molar-refractivity contribution is 0.444. The largest absolute Gasteiger partial charge is 0.493 e. The fraction of sp³-hybridized carbons (Fsp3) is 0.0909. The lowest BCUT2D eigenvalue weighted by atomic mass is 10.4. The zero-order valence-electron chi connectivity index (χ0n) is 8.21. The van der Waals surface area contributed by atoms with Gasteiger partial charge in [0.1, 0.15) is 0 Å². The highest BCUT2D eigenvalue weighted by Crippen LogP contribution is 2.25. The Morgan fingerprint density at radius 1 is 1.13 bits per heavy atom. The van der Waals surface area contributed by atoms with E-state index in [1.54, 1.807) is 0 Å². The average molecular weight is 218 g/mol. The third-order valence-corrected chi connectivity index (χ3v) is 2.65. The topological polar surface area (TPSA) is 46.0 Å². The van der Waals surface area contributed by atoms with Crippen LogP contribution in [0.4, 0.5) is 0 Å². The van der Waals surface area contributed by atoms with E-state index in [4.69, 9.17) is 0 Å². The van der Waals surface area contributed by atoms with Crippen molar-refractivity contribution in [3.05, 3.63) is 42.1 Å². The van der Waals surface area contributed by atoms with Gasteiger partial charge in [0.25, 0.3) is 0 Å². The molecular weight excluding hydrogens is 208 g/mol. The molecule has 15 heavy (non-hydrogen) atoms. The number of hydrogen-bond donors (Lipinski definition) is 1. The lowest BCUT2D eigenvalue weighted by Gasteiger charge is -2.01. The summed E-state index contributed by atoms with van der Waals surface area (Å²) in [6.45, 7) is 1.83. The zero-order valence-corrected chi connectivity index (χ0v) is 9.03. The minimum Gasteiger partial charge on any atom is -0.493 e. The van der Waals surface area contributed by atoms with Crippen molar-refractivity contribution in [2.24, 2.45) is 0 Å². The average Bonchev–Trinajstić information content (AvgIpc) is 2.17. The molecule has 0 aliphatic heterocycles. The maximum atomic E-state index is 9.31. The van der Waals surface area contributed by atoms with E-state index in [2.05, 4.69) is 9.97 Å². The number of aryl methyl sites for hydroxylation is 1. The van der Waals surface area contributed by atoms with Crippen LogP contribution in [0.15, 0.2) is 46.5 Å². The highest BCUT2D eigenvalue weighted by Gasteiger charge is 2.02. The van der Waals surface area contributed by atoms with E-state index in [1.165, 1.54) is 17.8 Å². The van der Waals surface area contributed by atoms with E-state index in [9.17, 15) is 5.11 Å². The standard InChI is InChI=1S/C11H10N2OS/c1-8-7-10(14)13-11(12-8)15-9-5-3-2-4-6-9/h2-7H,1H3,(H,12,13,14). The van der Waals surface area contributed by atoms with Gasteiger partial charge in [-0.2, -0.15) is 4.98 Å². The fourth-order valence-electron chi connectivity index (χ4n) is 1.16. The zero-order chi connectivity index (χ0) is 10.7. The van der Waals surface area contributed by atoms with Crippen LogP contribution in [-0.4, -0.2) is 15.1 Å². The number of rotatable bonds is 2. The van der Waals surface area contributed by atoms with Gasteiger partial charge in [0.15, 0.2) is 5.16 Å².